The third-order valence-corrected chi connectivity index (χ3v) is 1.20. The summed E-state index contributed by atoms with van der Waals surface area (Å²) in [7, 11) is 0. The van der Waals surface area contributed by atoms with Crippen LogP contribution in [0.3, 0.4) is 0 Å². The van der Waals surface area contributed by atoms with Crippen molar-refractivity contribution in [3.05, 3.63) is 0 Å². The van der Waals surface area contributed by atoms with Gasteiger partial charge in [0.05, 0.1) is 0 Å². The second-order valence-electron chi connectivity index (χ2n) is 2.67. The SMILES string of the molecule is C=N[C@@H](CC(C)C)C(=O)O. The number of aliphatic carboxylic acids is 1. The molecule has 0 saturated heterocycles. The van der Waals surface area contributed by atoms with Crippen LogP contribution in [0.5, 0.6) is 0 Å². The fourth-order valence-electron chi connectivity index (χ4n) is 0.700. The average Bonchev–Trinajstić information content (AvgIpc) is 1.81. The van der Waals surface area contributed by atoms with Gasteiger partial charge in [0, 0.05) is 0 Å². The Balaban J connectivity index is 3.83. The van der Waals surface area contributed by atoms with E-state index in [1.54, 1.807) is 0 Å². The van der Waals surface area contributed by atoms with E-state index in [9.17, 15) is 4.79 Å². The number of rotatable bonds is 4. The van der Waals surface area contributed by atoms with Gasteiger partial charge in [0.1, 0.15) is 6.04 Å². The molecule has 0 aromatic heterocycles. The van der Waals surface area contributed by atoms with Crippen molar-refractivity contribution in [2.24, 2.45) is 10.9 Å². The van der Waals surface area contributed by atoms with E-state index >= 15 is 0 Å². The van der Waals surface area contributed by atoms with Gasteiger partial charge in [-0.15, -0.1) is 0 Å². The molecule has 0 spiro atoms. The first-order chi connectivity index (χ1) is 4.57. The monoisotopic (exact) mass is 143 g/mol. The van der Waals surface area contributed by atoms with Crippen LogP contribution in [-0.2, 0) is 4.79 Å². The summed E-state index contributed by atoms with van der Waals surface area (Å²) in [6, 6.07) is -0.625. The highest BCUT2D eigenvalue weighted by Gasteiger charge is 2.15. The second kappa shape index (κ2) is 4.04. The van der Waals surface area contributed by atoms with Crippen molar-refractivity contribution in [1.29, 1.82) is 0 Å². The Morgan fingerprint density at radius 1 is 1.70 bits per heavy atom. The summed E-state index contributed by atoms with van der Waals surface area (Å²) in [6.07, 6.45) is 0.568. The number of carboxylic acid groups (broad SMARTS) is 1. The predicted octanol–water partition coefficient (Wildman–Crippen LogP) is 1.19. The average molecular weight is 143 g/mol. The van der Waals surface area contributed by atoms with Gasteiger partial charge in [-0.25, -0.2) is 4.79 Å². The lowest BCUT2D eigenvalue weighted by Crippen LogP contribution is -2.19. The van der Waals surface area contributed by atoms with Crippen LogP contribution in [0.4, 0.5) is 0 Å². The lowest BCUT2D eigenvalue weighted by Gasteiger charge is -2.08. The molecule has 0 aliphatic heterocycles. The van der Waals surface area contributed by atoms with Gasteiger partial charge in [-0.05, 0) is 19.1 Å². The minimum atomic E-state index is -0.885. The topological polar surface area (TPSA) is 49.7 Å². The standard InChI is InChI=1S/C7H13NO2/c1-5(2)4-6(8-3)7(9)10/h5-6H,3-4H2,1-2H3,(H,9,10)/t6-/m0/s1. The summed E-state index contributed by atoms with van der Waals surface area (Å²) >= 11 is 0. The smallest absolute Gasteiger partial charge is 0.328 e. The zero-order chi connectivity index (χ0) is 8.15. The minimum Gasteiger partial charge on any atom is -0.480 e. The summed E-state index contributed by atoms with van der Waals surface area (Å²) in [6.45, 7) is 7.12. The van der Waals surface area contributed by atoms with Crippen molar-refractivity contribution in [3.63, 3.8) is 0 Å². The maximum atomic E-state index is 10.3. The lowest BCUT2D eigenvalue weighted by molar-refractivity contribution is -0.138. The summed E-state index contributed by atoms with van der Waals surface area (Å²) in [5.74, 6) is -0.532. The third kappa shape index (κ3) is 3.22. The number of aliphatic imine (C=N–C) groups is 1. The van der Waals surface area contributed by atoms with Crippen molar-refractivity contribution >= 4 is 12.7 Å². The summed E-state index contributed by atoms with van der Waals surface area (Å²) < 4.78 is 0. The first kappa shape index (κ1) is 9.14. The molecule has 0 aliphatic rings. The van der Waals surface area contributed by atoms with Gasteiger partial charge < -0.3 is 5.11 Å². The molecule has 1 atom stereocenters. The van der Waals surface area contributed by atoms with E-state index in [4.69, 9.17) is 5.11 Å². The maximum Gasteiger partial charge on any atom is 0.328 e. The van der Waals surface area contributed by atoms with Crippen LogP contribution >= 0.6 is 0 Å². The largest absolute Gasteiger partial charge is 0.480 e. The van der Waals surface area contributed by atoms with Crippen LogP contribution < -0.4 is 0 Å². The Morgan fingerprint density at radius 2 is 2.20 bits per heavy atom. The Kier molecular flexibility index (Phi) is 3.69. The molecular formula is C7H13NO2. The number of carbonyl (C=O) groups is 1. The van der Waals surface area contributed by atoms with Crippen molar-refractivity contribution < 1.29 is 9.90 Å². The molecule has 1 N–H and O–H groups in total. The van der Waals surface area contributed by atoms with Crippen molar-refractivity contribution in [3.8, 4) is 0 Å². The quantitative estimate of drug-likeness (QED) is 0.601. The third-order valence-electron chi connectivity index (χ3n) is 1.20. The van der Waals surface area contributed by atoms with Crippen molar-refractivity contribution in [1.82, 2.24) is 0 Å². The molecule has 0 amide bonds. The highest BCUT2D eigenvalue weighted by molar-refractivity contribution is 5.74. The van der Waals surface area contributed by atoms with Crippen LogP contribution in [0.25, 0.3) is 0 Å². The zero-order valence-corrected chi connectivity index (χ0v) is 6.37. The van der Waals surface area contributed by atoms with Gasteiger partial charge in [-0.2, -0.15) is 0 Å². The molecule has 0 bridgehead atoms. The van der Waals surface area contributed by atoms with E-state index in [-0.39, 0.29) is 0 Å². The molecule has 0 unspecified atom stereocenters. The molecule has 0 aromatic carbocycles. The highest BCUT2D eigenvalue weighted by atomic mass is 16.4. The number of nitrogens with zero attached hydrogens (tertiary/aromatic N) is 1. The van der Waals surface area contributed by atoms with E-state index < -0.39 is 12.0 Å². The summed E-state index contributed by atoms with van der Waals surface area (Å²) in [4.78, 5) is 13.8. The first-order valence-corrected chi connectivity index (χ1v) is 3.26. The van der Waals surface area contributed by atoms with Gasteiger partial charge in [0.25, 0.3) is 0 Å². The number of hydrogen-bond acceptors (Lipinski definition) is 2. The molecule has 0 aliphatic carbocycles. The summed E-state index contributed by atoms with van der Waals surface area (Å²) in [5.41, 5.74) is 0. The molecule has 58 valence electrons. The van der Waals surface area contributed by atoms with Crippen molar-refractivity contribution in [2.75, 3.05) is 0 Å². The molecule has 0 aromatic rings. The van der Waals surface area contributed by atoms with Crippen LogP contribution in [0.2, 0.25) is 0 Å². The second-order valence-corrected chi connectivity index (χ2v) is 2.67. The van der Waals surface area contributed by atoms with E-state index in [1.165, 1.54) is 0 Å². The molecule has 0 rings (SSSR count). The normalized spacial score (nSPS) is 13.1. The number of hydrogen-bond donors (Lipinski definition) is 1. The summed E-state index contributed by atoms with van der Waals surface area (Å²) in [5, 5.41) is 8.49. The van der Waals surface area contributed by atoms with Gasteiger partial charge in [-0.1, -0.05) is 13.8 Å². The Labute approximate surface area is 60.8 Å². The zero-order valence-electron chi connectivity index (χ0n) is 6.37. The maximum absolute atomic E-state index is 10.3. The Hall–Kier alpha value is -0.860. The molecule has 0 radical (unpaired) electrons. The molecule has 3 nitrogen and oxygen atoms in total. The Morgan fingerprint density at radius 3 is 2.30 bits per heavy atom. The van der Waals surface area contributed by atoms with Gasteiger partial charge in [-0.3, -0.25) is 4.99 Å². The van der Waals surface area contributed by atoms with E-state index in [0.717, 1.165) is 0 Å². The predicted molar refractivity (Wildman–Crippen MR) is 40.4 cm³/mol. The molecule has 0 saturated carbocycles. The fraction of sp³-hybridized carbons (Fsp3) is 0.714. The first-order valence-electron chi connectivity index (χ1n) is 3.26. The minimum absolute atomic E-state index is 0.353. The van der Waals surface area contributed by atoms with Crippen molar-refractivity contribution in [2.45, 2.75) is 26.3 Å². The van der Waals surface area contributed by atoms with E-state index in [2.05, 4.69) is 11.7 Å². The highest BCUT2D eigenvalue weighted by Crippen LogP contribution is 2.07. The van der Waals surface area contributed by atoms with E-state index in [0.29, 0.717) is 12.3 Å². The molecular weight excluding hydrogens is 130 g/mol. The molecule has 3 heteroatoms. The molecule has 0 heterocycles. The van der Waals surface area contributed by atoms with Crippen LogP contribution in [0.15, 0.2) is 4.99 Å². The van der Waals surface area contributed by atoms with Crippen LogP contribution in [0.1, 0.15) is 20.3 Å². The Bertz CT molecular complexity index is 132. The molecule has 0 fully saturated rings. The molecule has 10 heavy (non-hydrogen) atoms. The lowest BCUT2D eigenvalue weighted by atomic mass is 10.0. The van der Waals surface area contributed by atoms with Gasteiger partial charge >= 0.3 is 5.97 Å². The van der Waals surface area contributed by atoms with Crippen LogP contribution in [-0.4, -0.2) is 23.8 Å². The van der Waals surface area contributed by atoms with Gasteiger partial charge in [0.15, 0.2) is 0 Å². The van der Waals surface area contributed by atoms with Crippen LogP contribution in [0, 0.1) is 5.92 Å². The van der Waals surface area contributed by atoms with Gasteiger partial charge in [0.2, 0.25) is 0 Å². The fourth-order valence-corrected chi connectivity index (χ4v) is 0.700. The van der Waals surface area contributed by atoms with E-state index in [1.807, 2.05) is 13.8 Å². The number of carboxylic acids is 1.